The highest BCUT2D eigenvalue weighted by molar-refractivity contribution is 5.51. The van der Waals surface area contributed by atoms with Crippen LogP contribution in [0.1, 0.15) is 89.2 Å². The van der Waals surface area contributed by atoms with Crippen molar-refractivity contribution in [2.75, 3.05) is 0 Å². The van der Waals surface area contributed by atoms with Gasteiger partial charge in [-0.3, -0.25) is 0 Å². The molecule has 2 aliphatic rings. The highest BCUT2D eigenvalue weighted by Gasteiger charge is 2.35. The lowest BCUT2D eigenvalue weighted by Crippen LogP contribution is -2.27. The summed E-state index contributed by atoms with van der Waals surface area (Å²) < 4.78 is 0. The van der Waals surface area contributed by atoms with E-state index in [1.54, 1.807) is 0 Å². The Hall–Kier alpha value is -1.18. The maximum atomic E-state index is 10.7. The molecule has 0 saturated heterocycles. The smallest absolute Gasteiger partial charge is 0.119 e. The molecular formula is C20H30O2. The Bertz CT molecular complexity index is 485. The summed E-state index contributed by atoms with van der Waals surface area (Å²) in [7, 11) is 0. The fourth-order valence-corrected chi connectivity index (χ4v) is 4.75. The van der Waals surface area contributed by atoms with E-state index in [2.05, 4.69) is 13.8 Å². The molecule has 0 bridgehead atoms. The molecule has 2 fully saturated rings. The highest BCUT2D eigenvalue weighted by Crippen LogP contribution is 2.49. The summed E-state index contributed by atoms with van der Waals surface area (Å²) >= 11 is 0. The molecular weight excluding hydrogens is 272 g/mol. The van der Waals surface area contributed by atoms with E-state index in [0.29, 0.717) is 11.5 Å². The lowest BCUT2D eigenvalue weighted by molar-refractivity contribution is 0.295. The second-order valence-corrected chi connectivity index (χ2v) is 8.13. The van der Waals surface area contributed by atoms with Crippen molar-refractivity contribution in [1.29, 1.82) is 0 Å². The molecule has 0 spiro atoms. The van der Waals surface area contributed by atoms with Crippen molar-refractivity contribution in [2.24, 2.45) is 0 Å². The van der Waals surface area contributed by atoms with Gasteiger partial charge in [-0.1, -0.05) is 52.4 Å². The van der Waals surface area contributed by atoms with Gasteiger partial charge in [-0.05, 0) is 48.6 Å². The predicted octanol–water partition coefficient (Wildman–Crippen LogP) is 5.54. The third-order valence-electron chi connectivity index (χ3n) is 6.33. The molecule has 122 valence electrons. The van der Waals surface area contributed by atoms with Crippen molar-refractivity contribution >= 4 is 0 Å². The predicted molar refractivity (Wildman–Crippen MR) is 90.6 cm³/mol. The molecule has 2 nitrogen and oxygen atoms in total. The van der Waals surface area contributed by atoms with Gasteiger partial charge in [-0.2, -0.15) is 0 Å². The summed E-state index contributed by atoms with van der Waals surface area (Å²) in [5.74, 6) is 0.785. The topological polar surface area (TPSA) is 40.5 Å². The van der Waals surface area contributed by atoms with Crippen LogP contribution in [0.5, 0.6) is 11.5 Å². The van der Waals surface area contributed by atoms with Crippen molar-refractivity contribution in [3.05, 3.63) is 23.3 Å². The van der Waals surface area contributed by atoms with Crippen LogP contribution in [0.3, 0.4) is 0 Å². The van der Waals surface area contributed by atoms with E-state index in [1.807, 2.05) is 12.1 Å². The Morgan fingerprint density at radius 3 is 1.27 bits per heavy atom. The molecule has 0 radical (unpaired) electrons. The molecule has 1 aromatic carbocycles. The van der Waals surface area contributed by atoms with Crippen LogP contribution in [0, 0.1) is 0 Å². The van der Waals surface area contributed by atoms with E-state index >= 15 is 0 Å². The Morgan fingerprint density at radius 1 is 0.636 bits per heavy atom. The van der Waals surface area contributed by atoms with Crippen molar-refractivity contribution in [3.8, 4) is 11.5 Å². The SMILES string of the molecule is CC1(c2cc(O)c(C3(C)CCCCC3)cc2O)CCCCC1. The van der Waals surface area contributed by atoms with Gasteiger partial charge in [0.15, 0.2) is 0 Å². The first-order chi connectivity index (χ1) is 10.4. The summed E-state index contributed by atoms with van der Waals surface area (Å²) in [6.45, 7) is 4.48. The first-order valence-corrected chi connectivity index (χ1v) is 9.02. The molecule has 2 heteroatoms. The Kier molecular flexibility index (Phi) is 4.13. The summed E-state index contributed by atoms with van der Waals surface area (Å²) in [4.78, 5) is 0. The highest BCUT2D eigenvalue weighted by atomic mass is 16.3. The van der Waals surface area contributed by atoms with E-state index in [9.17, 15) is 10.2 Å². The van der Waals surface area contributed by atoms with Crippen molar-refractivity contribution < 1.29 is 10.2 Å². The lowest BCUT2D eigenvalue weighted by Gasteiger charge is -2.37. The van der Waals surface area contributed by atoms with E-state index in [0.717, 1.165) is 36.8 Å². The summed E-state index contributed by atoms with van der Waals surface area (Å²) in [6, 6.07) is 3.74. The number of rotatable bonds is 2. The zero-order valence-corrected chi connectivity index (χ0v) is 14.1. The normalized spacial score (nSPS) is 24.1. The van der Waals surface area contributed by atoms with Crippen LogP contribution in [0.15, 0.2) is 12.1 Å². The van der Waals surface area contributed by atoms with E-state index in [-0.39, 0.29) is 10.8 Å². The zero-order valence-electron chi connectivity index (χ0n) is 14.1. The average Bonchev–Trinajstić information content (AvgIpc) is 2.50. The molecule has 0 heterocycles. The quantitative estimate of drug-likeness (QED) is 0.704. The van der Waals surface area contributed by atoms with E-state index in [1.165, 1.54) is 38.5 Å². The van der Waals surface area contributed by atoms with Gasteiger partial charge >= 0.3 is 0 Å². The fraction of sp³-hybridized carbons (Fsp3) is 0.700. The standard InChI is InChI=1S/C20H30O2/c1-19(9-5-3-6-10-19)15-13-18(22)16(14-17(15)21)20(2)11-7-4-8-12-20/h13-14,21-22H,3-12H2,1-2H3. The van der Waals surface area contributed by atoms with Crippen molar-refractivity contribution in [1.82, 2.24) is 0 Å². The second-order valence-electron chi connectivity index (χ2n) is 8.13. The van der Waals surface area contributed by atoms with Crippen LogP contribution in [-0.4, -0.2) is 10.2 Å². The summed E-state index contributed by atoms with van der Waals surface area (Å²) in [5.41, 5.74) is 1.94. The largest absolute Gasteiger partial charge is 0.508 e. The average molecular weight is 302 g/mol. The number of phenolic OH excluding ortho intramolecular Hbond substituents is 2. The Morgan fingerprint density at radius 2 is 0.955 bits per heavy atom. The number of hydrogen-bond donors (Lipinski definition) is 2. The second kappa shape index (κ2) is 5.79. The fourth-order valence-electron chi connectivity index (χ4n) is 4.75. The van der Waals surface area contributed by atoms with Crippen LogP contribution in [-0.2, 0) is 10.8 Å². The number of benzene rings is 1. The molecule has 0 unspecified atom stereocenters. The van der Waals surface area contributed by atoms with Gasteiger partial charge in [0.2, 0.25) is 0 Å². The van der Waals surface area contributed by atoms with E-state index in [4.69, 9.17) is 0 Å². The van der Waals surface area contributed by atoms with Gasteiger partial charge < -0.3 is 10.2 Å². The lowest BCUT2D eigenvalue weighted by atomic mass is 9.67. The van der Waals surface area contributed by atoms with Gasteiger partial charge in [0.1, 0.15) is 11.5 Å². The zero-order chi connectivity index (χ0) is 15.8. The number of hydrogen-bond acceptors (Lipinski definition) is 2. The summed E-state index contributed by atoms with van der Waals surface area (Å²) in [6.07, 6.45) is 11.9. The molecule has 0 aliphatic heterocycles. The molecule has 2 aliphatic carbocycles. The molecule has 0 aromatic heterocycles. The molecule has 0 atom stereocenters. The van der Waals surface area contributed by atoms with Gasteiger partial charge in [0.05, 0.1) is 0 Å². The van der Waals surface area contributed by atoms with Crippen LogP contribution in [0.4, 0.5) is 0 Å². The van der Waals surface area contributed by atoms with Crippen LogP contribution in [0.25, 0.3) is 0 Å². The number of aromatic hydroxyl groups is 2. The molecule has 3 rings (SSSR count). The molecule has 22 heavy (non-hydrogen) atoms. The van der Waals surface area contributed by atoms with E-state index < -0.39 is 0 Å². The van der Waals surface area contributed by atoms with Gasteiger partial charge in [-0.15, -0.1) is 0 Å². The van der Waals surface area contributed by atoms with Crippen molar-refractivity contribution in [2.45, 2.75) is 88.9 Å². The minimum Gasteiger partial charge on any atom is -0.508 e. The Labute approximate surface area is 134 Å². The first-order valence-electron chi connectivity index (χ1n) is 9.02. The summed E-state index contributed by atoms with van der Waals surface area (Å²) in [5, 5.41) is 21.3. The maximum Gasteiger partial charge on any atom is 0.119 e. The van der Waals surface area contributed by atoms with Crippen LogP contribution < -0.4 is 0 Å². The third kappa shape index (κ3) is 2.73. The minimum absolute atomic E-state index is 0.0197. The number of phenols is 2. The maximum absolute atomic E-state index is 10.7. The van der Waals surface area contributed by atoms with Gasteiger partial charge in [0, 0.05) is 11.1 Å². The van der Waals surface area contributed by atoms with Crippen LogP contribution in [0.2, 0.25) is 0 Å². The molecule has 2 N–H and O–H groups in total. The Balaban J connectivity index is 1.97. The minimum atomic E-state index is 0.0197. The van der Waals surface area contributed by atoms with Crippen molar-refractivity contribution in [3.63, 3.8) is 0 Å². The third-order valence-corrected chi connectivity index (χ3v) is 6.33. The first kappa shape index (κ1) is 15.7. The van der Waals surface area contributed by atoms with Gasteiger partial charge in [-0.25, -0.2) is 0 Å². The monoisotopic (exact) mass is 302 g/mol. The molecule has 1 aromatic rings. The van der Waals surface area contributed by atoms with Gasteiger partial charge in [0.25, 0.3) is 0 Å². The van der Waals surface area contributed by atoms with Crippen LogP contribution >= 0.6 is 0 Å². The molecule has 2 saturated carbocycles. The molecule has 0 amide bonds.